The fraction of sp³-hybridized carbons (Fsp3) is 0.381. The van der Waals surface area contributed by atoms with Crippen molar-refractivity contribution in [2.75, 3.05) is 5.32 Å². The van der Waals surface area contributed by atoms with Gasteiger partial charge in [-0.05, 0) is 36.8 Å². The van der Waals surface area contributed by atoms with Gasteiger partial charge in [0.15, 0.2) is 4.96 Å². The fourth-order valence-electron chi connectivity index (χ4n) is 4.16. The Bertz CT molecular complexity index is 955. The Morgan fingerprint density at radius 1 is 1.14 bits per heavy atom. The number of benzene rings is 1. The van der Waals surface area contributed by atoms with Crippen molar-refractivity contribution < 1.29 is 14.7 Å². The number of nitrogens with zero attached hydrogens (tertiary/aromatic N) is 2. The Balaban J connectivity index is 1.42. The number of rotatable bonds is 6. The zero-order valence-corrected chi connectivity index (χ0v) is 16.3. The Hall–Kier alpha value is -2.67. The van der Waals surface area contributed by atoms with E-state index in [1.54, 1.807) is 11.3 Å². The number of carbonyl (C=O) groups excluding carboxylic acids is 2. The summed E-state index contributed by atoms with van der Waals surface area (Å²) >= 11 is 1.58. The van der Waals surface area contributed by atoms with Crippen LogP contribution in [0.25, 0.3) is 16.2 Å². The van der Waals surface area contributed by atoms with Crippen LogP contribution in [0, 0.1) is 5.41 Å². The summed E-state index contributed by atoms with van der Waals surface area (Å²) in [4.78, 5) is 29.3. The molecule has 1 aromatic carbocycles. The lowest BCUT2D eigenvalue weighted by molar-refractivity contribution is -0.308. The van der Waals surface area contributed by atoms with Crippen molar-refractivity contribution in [3.8, 4) is 11.3 Å². The number of fused-ring (bicyclic) bond motifs is 1. The van der Waals surface area contributed by atoms with Crippen LogP contribution in [-0.4, -0.2) is 21.3 Å². The lowest BCUT2D eigenvalue weighted by Gasteiger charge is -2.37. The Labute approximate surface area is 167 Å². The zero-order chi connectivity index (χ0) is 19.6. The number of carboxylic acid groups (broad SMARTS) is 1. The largest absolute Gasteiger partial charge is 0.550 e. The van der Waals surface area contributed by atoms with Crippen LogP contribution in [-0.2, 0) is 9.59 Å². The van der Waals surface area contributed by atoms with Crippen LogP contribution in [0.5, 0.6) is 0 Å². The molecule has 0 atom stereocenters. The van der Waals surface area contributed by atoms with Gasteiger partial charge in [-0.2, -0.15) is 0 Å². The van der Waals surface area contributed by atoms with Crippen LogP contribution < -0.4 is 10.4 Å². The minimum absolute atomic E-state index is 0.0448. The summed E-state index contributed by atoms with van der Waals surface area (Å²) in [7, 11) is 0. The van der Waals surface area contributed by atoms with Gasteiger partial charge >= 0.3 is 0 Å². The van der Waals surface area contributed by atoms with Gasteiger partial charge in [-0.3, -0.25) is 9.20 Å². The third kappa shape index (κ3) is 4.09. The van der Waals surface area contributed by atoms with Gasteiger partial charge in [0, 0.05) is 41.4 Å². The third-order valence-corrected chi connectivity index (χ3v) is 6.30. The van der Waals surface area contributed by atoms with Crippen molar-refractivity contribution in [2.45, 2.75) is 44.9 Å². The van der Waals surface area contributed by atoms with E-state index < -0.39 is 11.4 Å². The summed E-state index contributed by atoms with van der Waals surface area (Å²) in [5.74, 6) is -1.21. The third-order valence-electron chi connectivity index (χ3n) is 5.53. The second-order valence-electron chi connectivity index (χ2n) is 7.63. The molecule has 6 nitrogen and oxygen atoms in total. The van der Waals surface area contributed by atoms with E-state index in [-0.39, 0.29) is 18.7 Å². The van der Waals surface area contributed by atoms with Gasteiger partial charge in [0.25, 0.3) is 0 Å². The summed E-state index contributed by atoms with van der Waals surface area (Å²) in [6.45, 7) is 0. The maximum atomic E-state index is 12.6. The standard InChI is InChI=1S/C21H23N3O3S/c25-18(12-21(13-19(26)27)8-2-1-3-9-21)22-16-6-4-15(5-7-16)17-14-24-10-11-28-20(24)23-17/h4-7,10-11,14H,1-3,8-9,12-13H2,(H,22,25)(H,26,27)/p-1. The van der Waals surface area contributed by atoms with E-state index in [2.05, 4.69) is 10.3 Å². The van der Waals surface area contributed by atoms with Crippen molar-refractivity contribution in [3.63, 3.8) is 0 Å². The van der Waals surface area contributed by atoms with Gasteiger partial charge < -0.3 is 15.2 Å². The lowest BCUT2D eigenvalue weighted by atomic mass is 9.69. The molecule has 0 bridgehead atoms. The highest BCUT2D eigenvalue weighted by Gasteiger charge is 2.34. The van der Waals surface area contributed by atoms with Crippen molar-refractivity contribution in [3.05, 3.63) is 42.0 Å². The molecule has 28 heavy (non-hydrogen) atoms. The van der Waals surface area contributed by atoms with Gasteiger partial charge in [0.1, 0.15) is 0 Å². The fourth-order valence-corrected chi connectivity index (χ4v) is 4.86. The number of nitrogens with one attached hydrogen (secondary N) is 1. The van der Waals surface area contributed by atoms with Gasteiger partial charge in [0.2, 0.25) is 5.91 Å². The lowest BCUT2D eigenvalue weighted by Crippen LogP contribution is -2.36. The van der Waals surface area contributed by atoms with Crippen molar-refractivity contribution in [2.24, 2.45) is 5.41 Å². The SMILES string of the molecule is O=C([O-])CC1(CC(=O)Nc2ccc(-c3cn4ccsc4n3)cc2)CCCCC1. The Morgan fingerprint density at radius 2 is 1.89 bits per heavy atom. The summed E-state index contributed by atoms with van der Waals surface area (Å²) in [6.07, 6.45) is 8.70. The van der Waals surface area contributed by atoms with E-state index >= 15 is 0 Å². The number of anilines is 1. The van der Waals surface area contributed by atoms with E-state index in [1.807, 2.05) is 46.4 Å². The molecule has 1 N–H and O–H groups in total. The molecular formula is C21H22N3O3S-. The predicted molar refractivity (Wildman–Crippen MR) is 107 cm³/mol. The van der Waals surface area contributed by atoms with Gasteiger partial charge in [-0.15, -0.1) is 11.3 Å². The Morgan fingerprint density at radius 3 is 2.57 bits per heavy atom. The van der Waals surface area contributed by atoms with E-state index in [0.717, 1.165) is 48.3 Å². The molecule has 7 heteroatoms. The molecule has 4 rings (SSSR count). The molecule has 2 heterocycles. The number of carboxylic acids is 1. The number of aromatic nitrogens is 2. The maximum Gasteiger partial charge on any atom is 0.224 e. The highest BCUT2D eigenvalue weighted by atomic mass is 32.1. The average molecular weight is 396 g/mol. The number of carbonyl (C=O) groups is 2. The van der Waals surface area contributed by atoms with Crippen molar-refractivity contribution in [1.29, 1.82) is 0 Å². The summed E-state index contributed by atoms with van der Waals surface area (Å²) in [5.41, 5.74) is 2.10. The van der Waals surface area contributed by atoms with Crippen LogP contribution in [0.2, 0.25) is 0 Å². The average Bonchev–Trinajstić information content (AvgIpc) is 3.24. The van der Waals surface area contributed by atoms with Crippen molar-refractivity contribution >= 4 is 33.9 Å². The molecule has 146 valence electrons. The molecule has 0 unspecified atom stereocenters. The monoisotopic (exact) mass is 396 g/mol. The molecule has 0 radical (unpaired) electrons. The van der Waals surface area contributed by atoms with Gasteiger partial charge in [-0.1, -0.05) is 31.4 Å². The first kappa shape index (κ1) is 18.7. The number of amides is 1. The van der Waals surface area contributed by atoms with Crippen LogP contribution in [0.15, 0.2) is 42.0 Å². The summed E-state index contributed by atoms with van der Waals surface area (Å²) < 4.78 is 1.98. The summed E-state index contributed by atoms with van der Waals surface area (Å²) in [5, 5.41) is 16.1. The molecule has 1 saturated carbocycles. The predicted octanol–water partition coefficient (Wildman–Crippen LogP) is 3.48. The van der Waals surface area contributed by atoms with Crippen LogP contribution in [0.3, 0.4) is 0 Å². The molecule has 0 saturated heterocycles. The molecule has 1 fully saturated rings. The maximum absolute atomic E-state index is 12.6. The van der Waals surface area contributed by atoms with E-state index in [4.69, 9.17) is 0 Å². The summed E-state index contributed by atoms with van der Waals surface area (Å²) in [6, 6.07) is 7.57. The van der Waals surface area contributed by atoms with E-state index in [1.165, 1.54) is 0 Å². The molecule has 1 aliphatic rings. The molecule has 1 amide bonds. The van der Waals surface area contributed by atoms with Crippen LogP contribution in [0.4, 0.5) is 5.69 Å². The molecule has 0 aliphatic heterocycles. The van der Waals surface area contributed by atoms with E-state index in [9.17, 15) is 14.7 Å². The number of hydrogen-bond donors (Lipinski definition) is 1. The molecular weight excluding hydrogens is 374 g/mol. The number of imidazole rings is 1. The van der Waals surface area contributed by atoms with Crippen LogP contribution >= 0.6 is 11.3 Å². The second kappa shape index (κ2) is 7.75. The van der Waals surface area contributed by atoms with Crippen LogP contribution in [0.1, 0.15) is 44.9 Å². The van der Waals surface area contributed by atoms with Gasteiger partial charge in [-0.25, -0.2) is 4.98 Å². The normalized spacial score (nSPS) is 16.1. The Kier molecular flexibility index (Phi) is 5.17. The highest BCUT2D eigenvalue weighted by molar-refractivity contribution is 7.15. The quantitative estimate of drug-likeness (QED) is 0.691. The minimum atomic E-state index is -1.07. The molecule has 3 aromatic rings. The van der Waals surface area contributed by atoms with Gasteiger partial charge in [0.05, 0.1) is 5.69 Å². The number of thiazole rings is 1. The topological polar surface area (TPSA) is 86.5 Å². The van der Waals surface area contributed by atoms with E-state index in [0.29, 0.717) is 5.69 Å². The number of hydrogen-bond acceptors (Lipinski definition) is 5. The first-order valence-corrected chi connectivity index (χ1v) is 10.4. The molecule has 1 aliphatic carbocycles. The highest BCUT2D eigenvalue weighted by Crippen LogP contribution is 2.42. The number of aliphatic carboxylic acids is 1. The second-order valence-corrected chi connectivity index (χ2v) is 8.50. The van der Waals surface area contributed by atoms with Crippen molar-refractivity contribution in [1.82, 2.24) is 9.38 Å². The molecule has 2 aromatic heterocycles. The first-order valence-electron chi connectivity index (χ1n) is 9.55. The first-order chi connectivity index (χ1) is 13.5. The zero-order valence-electron chi connectivity index (χ0n) is 15.5. The smallest absolute Gasteiger partial charge is 0.224 e. The minimum Gasteiger partial charge on any atom is -0.550 e. The molecule has 0 spiro atoms.